The molecule has 38 heavy (non-hydrogen) atoms. The molecule has 3 aromatic rings. The van der Waals surface area contributed by atoms with E-state index in [1.165, 1.54) is 0 Å². The molecule has 1 aliphatic rings. The summed E-state index contributed by atoms with van der Waals surface area (Å²) in [6.07, 6.45) is 7.92. The number of carbonyl (C=O) groups excluding carboxylic acids is 2. The van der Waals surface area contributed by atoms with E-state index in [9.17, 15) is 9.59 Å². The van der Waals surface area contributed by atoms with Crippen molar-refractivity contribution >= 4 is 45.2 Å². The van der Waals surface area contributed by atoms with Crippen LogP contribution in [0.3, 0.4) is 0 Å². The maximum absolute atomic E-state index is 12.9. The van der Waals surface area contributed by atoms with Crippen LogP contribution in [0.1, 0.15) is 12.0 Å². The molecule has 2 heterocycles. The number of rotatable bonds is 9. The number of halogens is 1. The van der Waals surface area contributed by atoms with Gasteiger partial charge in [-0.05, 0) is 52.5 Å². The highest BCUT2D eigenvalue weighted by molar-refractivity contribution is 9.10. The Bertz CT molecular complexity index is 1320. The van der Waals surface area contributed by atoms with Gasteiger partial charge in [-0.25, -0.2) is 9.78 Å². The maximum Gasteiger partial charge on any atom is 0.321 e. The summed E-state index contributed by atoms with van der Waals surface area (Å²) < 4.78 is 5.98. The predicted molar refractivity (Wildman–Crippen MR) is 149 cm³/mol. The number of aromatic nitrogens is 2. The molecule has 5 N–H and O–H groups in total. The summed E-state index contributed by atoms with van der Waals surface area (Å²) in [6, 6.07) is 15.8. The van der Waals surface area contributed by atoms with Crippen LogP contribution in [-0.2, 0) is 11.2 Å². The summed E-state index contributed by atoms with van der Waals surface area (Å²) in [5, 5.41) is 8.96. The highest BCUT2D eigenvalue weighted by Gasteiger charge is 2.28. The fourth-order valence-electron chi connectivity index (χ4n) is 3.96. The molecule has 3 amide bonds. The van der Waals surface area contributed by atoms with Crippen LogP contribution >= 0.6 is 15.9 Å². The number of nitrogens with zero attached hydrogens (tertiary/aromatic N) is 3. The van der Waals surface area contributed by atoms with Gasteiger partial charge >= 0.3 is 6.03 Å². The summed E-state index contributed by atoms with van der Waals surface area (Å²) in [5.41, 5.74) is 8.37. The van der Waals surface area contributed by atoms with Crippen LogP contribution in [0, 0.1) is 12.3 Å². The first kappa shape index (κ1) is 26.9. The van der Waals surface area contributed by atoms with Gasteiger partial charge in [-0.15, -0.1) is 6.42 Å². The average molecular weight is 578 g/mol. The van der Waals surface area contributed by atoms with Gasteiger partial charge in [0.25, 0.3) is 0 Å². The van der Waals surface area contributed by atoms with Gasteiger partial charge in [0.2, 0.25) is 17.7 Å². The number of anilines is 3. The number of hydrogen-bond acceptors (Lipinski definition) is 7. The predicted octanol–water partition coefficient (Wildman–Crippen LogP) is 3.29. The van der Waals surface area contributed by atoms with E-state index in [1.54, 1.807) is 29.3 Å². The number of benzene rings is 2. The molecule has 2 atom stereocenters. The normalized spacial score (nSPS) is 15.3. The molecular formula is C27H28BrN7O3. The highest BCUT2D eigenvalue weighted by atomic mass is 79.9. The third kappa shape index (κ3) is 7.44. The Morgan fingerprint density at radius 3 is 2.79 bits per heavy atom. The molecule has 11 heteroatoms. The lowest BCUT2D eigenvalue weighted by atomic mass is 10.1. The van der Waals surface area contributed by atoms with Crippen LogP contribution in [0.4, 0.5) is 22.1 Å². The number of nitrogens with two attached hydrogens (primary N) is 1. The molecule has 1 aromatic heterocycles. The first-order valence-electron chi connectivity index (χ1n) is 12.0. The SMILES string of the molecule is C#CCOc1nc(Nc2cccc(NC(=O)N3CCC(NC(=O)C(N)Cc4ccccc4)C3)c2)ncc1Br. The second-order valence-corrected chi connectivity index (χ2v) is 9.57. The van der Waals surface area contributed by atoms with Crippen LogP contribution in [0.2, 0.25) is 0 Å². The molecule has 2 unspecified atom stereocenters. The van der Waals surface area contributed by atoms with Crippen molar-refractivity contribution in [2.24, 2.45) is 5.73 Å². The number of ether oxygens (including phenoxy) is 1. The standard InChI is InChI=1S/C27H28BrN7O3/c1-2-13-38-25-22(28)16-30-26(34-25)32-19-9-6-10-20(15-19)33-27(37)35-12-11-21(17-35)31-24(36)23(29)14-18-7-4-3-5-8-18/h1,3-10,15-16,21,23H,11-14,17,29H2,(H,31,36)(H,33,37)(H,30,32,34). The lowest BCUT2D eigenvalue weighted by Crippen LogP contribution is -2.47. The number of carbonyl (C=O) groups is 2. The fraction of sp³-hybridized carbons (Fsp3) is 0.259. The number of nitrogens with one attached hydrogen (secondary N) is 3. The first-order chi connectivity index (χ1) is 18.4. The summed E-state index contributed by atoms with van der Waals surface area (Å²) in [5.74, 6) is 2.81. The highest BCUT2D eigenvalue weighted by Crippen LogP contribution is 2.25. The van der Waals surface area contributed by atoms with E-state index in [4.69, 9.17) is 16.9 Å². The van der Waals surface area contributed by atoms with Gasteiger partial charge in [-0.3, -0.25) is 4.79 Å². The van der Waals surface area contributed by atoms with Gasteiger partial charge < -0.3 is 31.3 Å². The summed E-state index contributed by atoms with van der Waals surface area (Å²) in [7, 11) is 0. The molecule has 0 aliphatic carbocycles. The lowest BCUT2D eigenvalue weighted by Gasteiger charge is -2.19. The molecule has 10 nitrogen and oxygen atoms in total. The van der Waals surface area contributed by atoms with E-state index in [0.29, 0.717) is 53.6 Å². The van der Waals surface area contributed by atoms with Crippen LogP contribution in [0.25, 0.3) is 0 Å². The molecule has 0 bridgehead atoms. The molecule has 1 aliphatic heterocycles. The number of likely N-dealkylation sites (tertiary alicyclic amines) is 1. The Morgan fingerprint density at radius 1 is 1.21 bits per heavy atom. The number of hydrogen-bond donors (Lipinski definition) is 4. The number of urea groups is 1. The lowest BCUT2D eigenvalue weighted by molar-refractivity contribution is -0.122. The van der Waals surface area contributed by atoms with E-state index in [-0.39, 0.29) is 24.6 Å². The van der Waals surface area contributed by atoms with Crippen molar-refractivity contribution in [2.75, 3.05) is 30.3 Å². The van der Waals surface area contributed by atoms with Crippen molar-refractivity contribution in [3.63, 3.8) is 0 Å². The number of amides is 3. The molecule has 1 saturated heterocycles. The molecule has 0 spiro atoms. The van der Waals surface area contributed by atoms with Crippen molar-refractivity contribution in [3.8, 4) is 18.2 Å². The van der Waals surface area contributed by atoms with Gasteiger partial charge in [0.15, 0.2) is 6.61 Å². The Morgan fingerprint density at radius 2 is 2.00 bits per heavy atom. The van der Waals surface area contributed by atoms with Crippen LogP contribution in [0.5, 0.6) is 5.88 Å². The van der Waals surface area contributed by atoms with Crippen LogP contribution < -0.4 is 26.4 Å². The molecular weight excluding hydrogens is 550 g/mol. The van der Waals surface area contributed by atoms with Crippen molar-refractivity contribution in [2.45, 2.75) is 24.9 Å². The summed E-state index contributed by atoms with van der Waals surface area (Å²) in [4.78, 5) is 35.6. The van der Waals surface area contributed by atoms with Crippen LogP contribution in [-0.4, -0.2) is 58.6 Å². The Balaban J connectivity index is 1.28. The van der Waals surface area contributed by atoms with Crippen molar-refractivity contribution in [1.29, 1.82) is 0 Å². The van der Waals surface area contributed by atoms with E-state index < -0.39 is 6.04 Å². The van der Waals surface area contributed by atoms with E-state index in [2.05, 4.69) is 47.8 Å². The Labute approximate surface area is 229 Å². The van der Waals surface area contributed by atoms with Gasteiger partial charge in [-0.1, -0.05) is 42.3 Å². The largest absolute Gasteiger partial charge is 0.464 e. The Hall–Kier alpha value is -4.14. The van der Waals surface area contributed by atoms with Crippen molar-refractivity contribution < 1.29 is 14.3 Å². The molecule has 196 valence electrons. The van der Waals surface area contributed by atoms with E-state index in [1.807, 2.05) is 36.4 Å². The van der Waals surface area contributed by atoms with Gasteiger partial charge in [0.1, 0.15) is 0 Å². The zero-order chi connectivity index (χ0) is 26.9. The minimum atomic E-state index is -0.648. The quantitative estimate of drug-likeness (QED) is 0.287. The fourth-order valence-corrected chi connectivity index (χ4v) is 4.27. The average Bonchev–Trinajstić information content (AvgIpc) is 3.38. The maximum atomic E-state index is 12.9. The zero-order valence-corrected chi connectivity index (χ0v) is 22.1. The first-order valence-corrected chi connectivity index (χ1v) is 12.8. The topological polar surface area (TPSA) is 134 Å². The third-order valence-electron chi connectivity index (χ3n) is 5.83. The molecule has 2 aromatic carbocycles. The van der Waals surface area contributed by atoms with Gasteiger partial charge in [0, 0.05) is 30.5 Å². The van der Waals surface area contributed by atoms with Gasteiger partial charge in [0.05, 0.1) is 16.7 Å². The molecule has 0 saturated carbocycles. The summed E-state index contributed by atoms with van der Waals surface area (Å²) >= 11 is 3.33. The van der Waals surface area contributed by atoms with Crippen molar-refractivity contribution in [1.82, 2.24) is 20.2 Å². The summed E-state index contributed by atoms with van der Waals surface area (Å²) in [6.45, 7) is 1.01. The second-order valence-electron chi connectivity index (χ2n) is 8.71. The number of terminal acetylenes is 1. The Kier molecular flexibility index (Phi) is 9.13. The van der Waals surface area contributed by atoms with Gasteiger partial charge in [-0.2, -0.15) is 4.98 Å². The second kappa shape index (κ2) is 12.9. The molecule has 0 radical (unpaired) electrons. The minimum absolute atomic E-state index is 0.0814. The molecule has 4 rings (SSSR count). The van der Waals surface area contributed by atoms with Crippen LogP contribution in [0.15, 0.2) is 65.3 Å². The smallest absolute Gasteiger partial charge is 0.321 e. The van der Waals surface area contributed by atoms with Crippen molar-refractivity contribution in [3.05, 3.63) is 70.8 Å². The van der Waals surface area contributed by atoms with E-state index >= 15 is 0 Å². The molecule has 1 fully saturated rings. The minimum Gasteiger partial charge on any atom is -0.464 e. The third-order valence-corrected chi connectivity index (χ3v) is 6.38. The van der Waals surface area contributed by atoms with E-state index in [0.717, 1.165) is 5.56 Å². The monoisotopic (exact) mass is 577 g/mol. The zero-order valence-electron chi connectivity index (χ0n) is 20.6.